The van der Waals surface area contributed by atoms with Gasteiger partial charge < -0.3 is 10.6 Å². The van der Waals surface area contributed by atoms with Crippen molar-refractivity contribution in [2.45, 2.75) is 40.3 Å². The molecule has 0 aliphatic carbocycles. The lowest BCUT2D eigenvalue weighted by molar-refractivity contribution is 0.591. The van der Waals surface area contributed by atoms with Crippen LogP contribution in [0.25, 0.3) is 0 Å². The van der Waals surface area contributed by atoms with Crippen LogP contribution >= 0.6 is 11.3 Å². The number of aryl methyl sites for hydroxylation is 3. The lowest BCUT2D eigenvalue weighted by Crippen LogP contribution is -2.21. The molecule has 0 radical (unpaired) electrons. The van der Waals surface area contributed by atoms with Gasteiger partial charge in [-0.3, -0.25) is 0 Å². The molecule has 0 amide bonds. The summed E-state index contributed by atoms with van der Waals surface area (Å²) in [4.78, 5) is 7.71. The zero-order valence-corrected chi connectivity index (χ0v) is 12.8. The second-order valence-corrected chi connectivity index (χ2v) is 5.70. The lowest BCUT2D eigenvalue weighted by Gasteiger charge is -2.20. The van der Waals surface area contributed by atoms with E-state index in [2.05, 4.69) is 29.0 Å². The molecule has 0 fully saturated rings. The minimum absolute atomic E-state index is 0.776. The van der Waals surface area contributed by atoms with Crippen LogP contribution in [0, 0.1) is 13.8 Å². The fourth-order valence-electron chi connectivity index (χ4n) is 2.12. The van der Waals surface area contributed by atoms with Gasteiger partial charge in [0.2, 0.25) is 0 Å². The summed E-state index contributed by atoms with van der Waals surface area (Å²) in [6.07, 6.45) is 1.04. The second-order valence-electron chi connectivity index (χ2n) is 4.76. The fourth-order valence-corrected chi connectivity index (χ4v) is 2.95. The molecule has 104 valence electrons. The first-order valence-electron chi connectivity index (χ1n) is 6.47. The molecule has 0 aliphatic rings. The summed E-state index contributed by atoms with van der Waals surface area (Å²) in [5, 5.41) is 4.51. The van der Waals surface area contributed by atoms with Crippen LogP contribution in [0.15, 0.2) is 5.51 Å². The molecule has 0 aromatic carbocycles. The minimum atomic E-state index is 0.776. The number of nitrogens with two attached hydrogens (primary N) is 1. The average Bonchev–Trinajstić information content (AvgIpc) is 2.86. The van der Waals surface area contributed by atoms with Crippen LogP contribution in [0.1, 0.15) is 29.6 Å². The van der Waals surface area contributed by atoms with E-state index in [1.807, 2.05) is 24.0 Å². The van der Waals surface area contributed by atoms with E-state index in [0.29, 0.717) is 0 Å². The number of aromatic nitrogens is 3. The Morgan fingerprint density at radius 1 is 1.37 bits per heavy atom. The van der Waals surface area contributed by atoms with Gasteiger partial charge in [-0.25, -0.2) is 9.67 Å². The van der Waals surface area contributed by atoms with Crippen LogP contribution in [-0.2, 0) is 13.1 Å². The van der Waals surface area contributed by atoms with Crippen molar-refractivity contribution >= 4 is 22.8 Å². The quantitative estimate of drug-likeness (QED) is 0.914. The van der Waals surface area contributed by atoms with Crippen molar-refractivity contribution in [3.8, 4) is 0 Å². The van der Waals surface area contributed by atoms with Crippen molar-refractivity contribution < 1.29 is 0 Å². The first-order chi connectivity index (χ1) is 9.04. The number of anilines is 2. The predicted octanol–water partition coefficient (Wildman–Crippen LogP) is 2.59. The Morgan fingerprint density at radius 3 is 2.68 bits per heavy atom. The van der Waals surface area contributed by atoms with Crippen molar-refractivity contribution in [3.05, 3.63) is 21.8 Å². The topological polar surface area (TPSA) is 60.0 Å². The third-order valence-electron chi connectivity index (χ3n) is 3.17. The zero-order chi connectivity index (χ0) is 14.0. The van der Waals surface area contributed by atoms with E-state index >= 15 is 0 Å². The summed E-state index contributed by atoms with van der Waals surface area (Å²) >= 11 is 1.68. The Hall–Kier alpha value is -1.56. The van der Waals surface area contributed by atoms with Crippen LogP contribution in [0.5, 0.6) is 0 Å². The molecule has 0 atom stereocenters. The molecule has 2 N–H and O–H groups in total. The third-order valence-corrected chi connectivity index (χ3v) is 4.09. The Morgan fingerprint density at radius 2 is 2.11 bits per heavy atom. The monoisotopic (exact) mass is 279 g/mol. The van der Waals surface area contributed by atoms with Gasteiger partial charge in [-0.05, 0) is 20.3 Å². The van der Waals surface area contributed by atoms with Crippen LogP contribution in [0.4, 0.5) is 11.5 Å². The van der Waals surface area contributed by atoms with E-state index < -0.39 is 0 Å². The summed E-state index contributed by atoms with van der Waals surface area (Å²) in [5.41, 5.74) is 10.8. The molecular formula is C13H21N5S. The van der Waals surface area contributed by atoms with Crippen molar-refractivity contribution in [3.63, 3.8) is 0 Å². The van der Waals surface area contributed by atoms with E-state index in [1.54, 1.807) is 11.3 Å². The first kappa shape index (κ1) is 13.9. The van der Waals surface area contributed by atoms with Crippen molar-refractivity contribution in [1.29, 1.82) is 0 Å². The molecule has 2 rings (SSSR count). The standard InChI is InChI=1S/C13H21N5S/c1-5-6-18-13(12(14)10(3)16-18)17(4)7-11-9(2)15-8-19-11/h8H,5-7,14H2,1-4H3. The average molecular weight is 279 g/mol. The van der Waals surface area contributed by atoms with Crippen molar-refractivity contribution in [1.82, 2.24) is 14.8 Å². The fraction of sp³-hybridized carbons (Fsp3) is 0.538. The Bertz CT molecular complexity index is 557. The van der Waals surface area contributed by atoms with Gasteiger partial charge in [-0.15, -0.1) is 11.3 Å². The summed E-state index contributed by atoms with van der Waals surface area (Å²) in [7, 11) is 2.05. The minimum Gasteiger partial charge on any atom is -0.394 e. The van der Waals surface area contributed by atoms with E-state index in [1.165, 1.54) is 4.88 Å². The Kier molecular flexibility index (Phi) is 4.09. The summed E-state index contributed by atoms with van der Waals surface area (Å²) in [5.74, 6) is 1.01. The highest BCUT2D eigenvalue weighted by atomic mass is 32.1. The molecule has 5 nitrogen and oxygen atoms in total. The van der Waals surface area contributed by atoms with Crippen LogP contribution < -0.4 is 10.6 Å². The van der Waals surface area contributed by atoms with Gasteiger partial charge in [0.15, 0.2) is 5.82 Å². The number of hydrogen-bond donors (Lipinski definition) is 1. The molecule has 0 spiro atoms. The SMILES string of the molecule is CCCn1nc(C)c(N)c1N(C)Cc1scnc1C. The molecule has 2 aromatic rings. The van der Waals surface area contributed by atoms with Gasteiger partial charge in [0, 0.05) is 18.5 Å². The number of nitrogens with zero attached hydrogens (tertiary/aromatic N) is 4. The van der Waals surface area contributed by atoms with Crippen molar-refractivity contribution in [2.24, 2.45) is 0 Å². The molecule has 0 unspecified atom stereocenters. The second kappa shape index (κ2) is 5.61. The molecule has 2 aromatic heterocycles. The molecule has 0 aliphatic heterocycles. The normalized spacial score (nSPS) is 10.9. The van der Waals surface area contributed by atoms with Crippen LogP contribution in [-0.4, -0.2) is 21.8 Å². The third kappa shape index (κ3) is 2.73. The van der Waals surface area contributed by atoms with Gasteiger partial charge in [-0.1, -0.05) is 6.92 Å². The zero-order valence-electron chi connectivity index (χ0n) is 12.0. The maximum absolute atomic E-state index is 6.16. The van der Waals surface area contributed by atoms with E-state index in [9.17, 15) is 0 Å². The Balaban J connectivity index is 2.27. The summed E-state index contributed by atoms with van der Waals surface area (Å²) < 4.78 is 2.00. The smallest absolute Gasteiger partial charge is 0.150 e. The van der Waals surface area contributed by atoms with Gasteiger partial charge in [-0.2, -0.15) is 5.10 Å². The molecule has 0 saturated heterocycles. The maximum Gasteiger partial charge on any atom is 0.150 e. The number of hydrogen-bond acceptors (Lipinski definition) is 5. The molecule has 6 heteroatoms. The number of thiazole rings is 1. The maximum atomic E-state index is 6.16. The van der Waals surface area contributed by atoms with Gasteiger partial charge in [0.05, 0.1) is 29.1 Å². The van der Waals surface area contributed by atoms with Gasteiger partial charge >= 0.3 is 0 Å². The van der Waals surface area contributed by atoms with E-state index in [4.69, 9.17) is 5.73 Å². The molecule has 0 saturated carbocycles. The Labute approximate surface area is 118 Å². The van der Waals surface area contributed by atoms with Crippen LogP contribution in [0.2, 0.25) is 0 Å². The van der Waals surface area contributed by atoms with E-state index in [-0.39, 0.29) is 0 Å². The summed E-state index contributed by atoms with van der Waals surface area (Å²) in [6, 6.07) is 0. The highest BCUT2D eigenvalue weighted by molar-refractivity contribution is 7.09. The van der Waals surface area contributed by atoms with E-state index in [0.717, 1.165) is 42.4 Å². The van der Waals surface area contributed by atoms with Crippen molar-refractivity contribution in [2.75, 3.05) is 17.7 Å². The first-order valence-corrected chi connectivity index (χ1v) is 7.35. The molecular weight excluding hydrogens is 258 g/mol. The van der Waals surface area contributed by atoms with Gasteiger partial charge in [0.25, 0.3) is 0 Å². The lowest BCUT2D eigenvalue weighted by atomic mass is 10.3. The highest BCUT2D eigenvalue weighted by Crippen LogP contribution is 2.28. The summed E-state index contributed by atoms with van der Waals surface area (Å²) in [6.45, 7) is 7.84. The molecule has 2 heterocycles. The van der Waals surface area contributed by atoms with Crippen LogP contribution in [0.3, 0.4) is 0 Å². The number of nitrogen functional groups attached to an aromatic ring is 1. The highest BCUT2D eigenvalue weighted by Gasteiger charge is 2.17. The number of rotatable bonds is 5. The predicted molar refractivity (Wildman–Crippen MR) is 80.6 cm³/mol. The largest absolute Gasteiger partial charge is 0.394 e. The van der Waals surface area contributed by atoms with Gasteiger partial charge in [0.1, 0.15) is 0 Å². The molecule has 19 heavy (non-hydrogen) atoms. The molecule has 0 bridgehead atoms.